The molecule has 0 amide bonds. The number of nitrogens with zero attached hydrogens (tertiary/aromatic N) is 7. The first-order valence-corrected chi connectivity index (χ1v) is 12.9. The summed E-state index contributed by atoms with van der Waals surface area (Å²) in [4.78, 5) is 27.5. The van der Waals surface area contributed by atoms with E-state index in [1.54, 1.807) is 29.2 Å². The minimum Gasteiger partial charge on any atom is -0.369 e. The molecule has 1 saturated heterocycles. The molecule has 0 aliphatic carbocycles. The fourth-order valence-electron chi connectivity index (χ4n) is 3.12. The van der Waals surface area contributed by atoms with Gasteiger partial charge in [-0.05, 0) is 6.42 Å². The van der Waals surface area contributed by atoms with Gasteiger partial charge in [0.05, 0.1) is 44.0 Å². The van der Waals surface area contributed by atoms with Gasteiger partial charge in [0, 0.05) is 27.6 Å². The molecule has 1 aliphatic rings. The predicted molar refractivity (Wildman–Crippen MR) is 144 cm³/mol. The summed E-state index contributed by atoms with van der Waals surface area (Å²) >= 11 is 0. The fourth-order valence-corrected chi connectivity index (χ4v) is 3.75. The number of aliphatic imine (C=N–C) groups is 1. The van der Waals surface area contributed by atoms with E-state index in [4.69, 9.17) is 19.0 Å². The van der Waals surface area contributed by atoms with Crippen LogP contribution in [-0.2, 0) is 37.3 Å². The Balaban J connectivity index is 0.00000169. The van der Waals surface area contributed by atoms with Crippen LogP contribution in [0.4, 0.5) is 5.95 Å². The van der Waals surface area contributed by atoms with Gasteiger partial charge in [-0.25, -0.2) is 9.98 Å². The molecule has 1 unspecified atom stereocenters. The van der Waals surface area contributed by atoms with Gasteiger partial charge >= 0.3 is 16.5 Å². The van der Waals surface area contributed by atoms with Crippen molar-refractivity contribution < 1.29 is 30.3 Å². The van der Waals surface area contributed by atoms with Crippen LogP contribution < -0.4 is 5.56 Å². The zero-order valence-corrected chi connectivity index (χ0v) is 24.6. The van der Waals surface area contributed by atoms with Crippen LogP contribution in [0.5, 0.6) is 0 Å². The topological polar surface area (TPSA) is 120 Å². The molecule has 210 valence electrons. The molecule has 13 heteroatoms. The SMILES string of the molecule is CC[C@H]1O[C@@H](n2cnc3c(=O)n(C)c(/N=C/N(C)C)nc32)C[C@H]1OPOCCC#N.[CH2-]CC.[CH2-]CC.[Ni+2]. The number of hydrogen-bond acceptors (Lipinski definition) is 8. The molecule has 3 rings (SSSR count). The first-order chi connectivity index (χ1) is 17.3. The van der Waals surface area contributed by atoms with Gasteiger partial charge in [-0.15, -0.1) is 0 Å². The Hall–Kier alpha value is -1.89. The van der Waals surface area contributed by atoms with Gasteiger partial charge in [0.2, 0.25) is 5.95 Å². The Bertz CT molecular complexity index is 1040. The summed E-state index contributed by atoms with van der Waals surface area (Å²) in [6.07, 6.45) is 6.20. The van der Waals surface area contributed by atoms with E-state index in [-0.39, 0.29) is 61.0 Å². The van der Waals surface area contributed by atoms with Gasteiger partial charge in [0.25, 0.3) is 5.56 Å². The third kappa shape index (κ3) is 10.8. The van der Waals surface area contributed by atoms with E-state index in [0.29, 0.717) is 25.1 Å². The Morgan fingerprint density at radius 1 is 1.35 bits per heavy atom. The van der Waals surface area contributed by atoms with Crippen molar-refractivity contribution in [2.75, 3.05) is 20.7 Å². The molecule has 1 fully saturated rings. The second-order valence-electron chi connectivity index (χ2n) is 8.08. The molecule has 0 spiro atoms. The minimum absolute atomic E-state index is 0. The van der Waals surface area contributed by atoms with Gasteiger partial charge in [0.15, 0.2) is 20.2 Å². The number of nitriles is 1. The third-order valence-corrected chi connectivity index (χ3v) is 5.37. The van der Waals surface area contributed by atoms with Crippen LogP contribution in [-0.4, -0.2) is 63.3 Å². The van der Waals surface area contributed by atoms with Crippen LogP contribution in [0.2, 0.25) is 0 Å². The Labute approximate surface area is 232 Å². The quantitative estimate of drug-likeness (QED) is 0.107. The maximum Gasteiger partial charge on any atom is 2.00 e. The predicted octanol–water partition coefficient (Wildman–Crippen LogP) is 4.33. The van der Waals surface area contributed by atoms with Crippen LogP contribution >= 0.6 is 9.03 Å². The molecule has 4 atom stereocenters. The Morgan fingerprint density at radius 3 is 2.57 bits per heavy atom. The first-order valence-electron chi connectivity index (χ1n) is 12.1. The van der Waals surface area contributed by atoms with Crippen molar-refractivity contribution in [3.8, 4) is 6.07 Å². The summed E-state index contributed by atoms with van der Waals surface area (Å²) in [5.41, 5.74) is 0.427. The van der Waals surface area contributed by atoms with E-state index in [0.717, 1.165) is 19.3 Å². The standard InChI is InChI=1S/C18H26N7O4P.2C3H7.Ni/c1-5-12-13(29-30-27-8-6-7-19)9-14(28-12)25-11-20-15-16(25)22-18(21-10-23(2)3)24(4)17(15)26;2*1-3-2;/h10-14,30H,5-6,8-9H2,1-4H3;2*1,3H2,2H3;/q;2*-1;+2/b21-10+;;;/t12-,13-,14-;;;/m1.../s1. The molecule has 11 nitrogen and oxygen atoms in total. The van der Waals surface area contributed by atoms with Crippen molar-refractivity contribution in [3.05, 3.63) is 30.5 Å². The molecule has 0 radical (unpaired) electrons. The molecule has 0 aromatic carbocycles. The fraction of sp³-hybridized carbons (Fsp3) is 0.625. The van der Waals surface area contributed by atoms with Crippen molar-refractivity contribution >= 4 is 32.5 Å². The average molecular weight is 580 g/mol. The summed E-state index contributed by atoms with van der Waals surface area (Å²) in [6, 6.07) is 2.03. The summed E-state index contributed by atoms with van der Waals surface area (Å²) in [6.45, 7) is 13.4. The number of aromatic nitrogens is 4. The number of rotatable bonds is 9. The summed E-state index contributed by atoms with van der Waals surface area (Å²) in [5, 5.41) is 8.56. The zero-order chi connectivity index (χ0) is 27.1. The number of hydrogen-bond donors (Lipinski definition) is 0. The third-order valence-electron chi connectivity index (χ3n) is 4.65. The molecular weight excluding hydrogens is 540 g/mol. The second kappa shape index (κ2) is 19.2. The molecule has 0 N–H and O–H groups in total. The monoisotopic (exact) mass is 579 g/mol. The van der Waals surface area contributed by atoms with E-state index >= 15 is 0 Å². The van der Waals surface area contributed by atoms with Gasteiger partial charge < -0.3 is 32.5 Å². The normalized spacial score (nSPS) is 18.7. The minimum atomic E-state index is -0.362. The number of fused-ring (bicyclic) bond motifs is 1. The van der Waals surface area contributed by atoms with E-state index < -0.39 is 0 Å². The number of imidazole rings is 1. The molecule has 1 aliphatic heterocycles. The largest absolute Gasteiger partial charge is 2.00 e. The molecule has 37 heavy (non-hydrogen) atoms. The van der Waals surface area contributed by atoms with Crippen molar-refractivity contribution in [1.29, 1.82) is 5.26 Å². The Morgan fingerprint density at radius 2 is 2.00 bits per heavy atom. The summed E-state index contributed by atoms with van der Waals surface area (Å²) in [5.74, 6) is 0.285. The van der Waals surface area contributed by atoms with E-state index in [1.165, 1.54) is 4.57 Å². The summed E-state index contributed by atoms with van der Waals surface area (Å²) < 4.78 is 20.5. The number of ether oxygens (including phenoxy) is 1. The molecule has 2 aromatic heterocycles. The van der Waals surface area contributed by atoms with Crippen molar-refractivity contribution in [1.82, 2.24) is 24.0 Å². The van der Waals surface area contributed by atoms with Crippen LogP contribution in [0, 0.1) is 25.2 Å². The van der Waals surface area contributed by atoms with Gasteiger partial charge in [-0.2, -0.15) is 23.1 Å². The molecule has 0 bridgehead atoms. The maximum absolute atomic E-state index is 12.7. The first kappa shape index (κ1) is 35.1. The maximum atomic E-state index is 12.7. The van der Waals surface area contributed by atoms with Crippen molar-refractivity contribution in [2.24, 2.45) is 12.0 Å². The van der Waals surface area contributed by atoms with Crippen LogP contribution in [0.15, 0.2) is 16.1 Å². The molecule has 0 saturated carbocycles. The molecule has 2 aromatic rings. The van der Waals surface area contributed by atoms with Crippen LogP contribution in [0.3, 0.4) is 0 Å². The van der Waals surface area contributed by atoms with Gasteiger partial charge in [0.1, 0.15) is 6.23 Å². The van der Waals surface area contributed by atoms with E-state index in [2.05, 4.69) is 28.8 Å². The van der Waals surface area contributed by atoms with Gasteiger partial charge in [-0.3, -0.25) is 13.9 Å². The molecule has 3 heterocycles. The molecular formula is C24H40N7NiO4P. The van der Waals surface area contributed by atoms with Crippen LogP contribution in [0.25, 0.3) is 11.2 Å². The van der Waals surface area contributed by atoms with E-state index in [1.807, 2.05) is 40.9 Å². The summed E-state index contributed by atoms with van der Waals surface area (Å²) in [7, 11) is 5.14. The van der Waals surface area contributed by atoms with Crippen molar-refractivity contribution in [2.45, 2.75) is 71.3 Å². The Kier molecular flexibility index (Phi) is 18.2. The van der Waals surface area contributed by atoms with Crippen LogP contribution in [0.1, 0.15) is 59.1 Å². The van der Waals surface area contributed by atoms with Gasteiger partial charge in [-0.1, -0.05) is 20.8 Å². The second-order valence-corrected chi connectivity index (χ2v) is 8.77. The average Bonchev–Trinajstić information content (AvgIpc) is 3.45. The van der Waals surface area contributed by atoms with Crippen molar-refractivity contribution in [3.63, 3.8) is 0 Å². The zero-order valence-electron chi connectivity index (χ0n) is 22.6. The van der Waals surface area contributed by atoms with E-state index in [9.17, 15) is 4.79 Å². The smallest absolute Gasteiger partial charge is 0.369 e.